The highest BCUT2D eigenvalue weighted by atomic mass is 16.6. The van der Waals surface area contributed by atoms with E-state index in [1.54, 1.807) is 0 Å². The molecule has 5 heteroatoms. The number of aliphatic hydroxyl groups excluding tert-OH is 2. The minimum Gasteiger partial charge on any atom is -0.394 e. The van der Waals surface area contributed by atoms with E-state index in [0.29, 0.717) is 12.8 Å². The van der Waals surface area contributed by atoms with Crippen LogP contribution in [0.25, 0.3) is 0 Å². The zero-order valence-electron chi connectivity index (χ0n) is 7.35. The average molecular weight is 189 g/mol. The Morgan fingerprint density at radius 2 is 2.23 bits per heavy atom. The minimum absolute atomic E-state index is 0.0969. The van der Waals surface area contributed by atoms with Gasteiger partial charge >= 0.3 is 0 Å². The SMILES string of the molecule is NC(=O)C[C@@H]1CCC(CO)OC1O. The number of hydrogen-bond donors (Lipinski definition) is 3. The van der Waals surface area contributed by atoms with Gasteiger partial charge in [0.25, 0.3) is 0 Å². The Morgan fingerprint density at radius 1 is 1.54 bits per heavy atom. The van der Waals surface area contributed by atoms with Crippen molar-refractivity contribution in [1.29, 1.82) is 0 Å². The van der Waals surface area contributed by atoms with Crippen LogP contribution in [0, 0.1) is 5.92 Å². The number of ether oxygens (including phenoxy) is 1. The van der Waals surface area contributed by atoms with Gasteiger partial charge in [0.1, 0.15) is 0 Å². The minimum atomic E-state index is -0.974. The summed E-state index contributed by atoms with van der Waals surface area (Å²) in [7, 11) is 0. The second kappa shape index (κ2) is 4.55. The van der Waals surface area contributed by atoms with E-state index >= 15 is 0 Å². The summed E-state index contributed by atoms with van der Waals surface area (Å²) in [6.07, 6.45) is 0.178. The molecule has 3 atom stereocenters. The number of carbonyl (C=O) groups excluding carboxylic acids is 1. The Kier molecular flexibility index (Phi) is 3.65. The molecule has 1 heterocycles. The lowest BCUT2D eigenvalue weighted by atomic mass is 9.94. The maximum Gasteiger partial charge on any atom is 0.217 e. The zero-order valence-corrected chi connectivity index (χ0v) is 7.35. The van der Waals surface area contributed by atoms with E-state index in [-0.39, 0.29) is 25.0 Å². The molecule has 1 rings (SSSR count). The molecule has 1 amide bonds. The second-order valence-electron chi connectivity index (χ2n) is 3.34. The fraction of sp³-hybridized carbons (Fsp3) is 0.875. The predicted molar refractivity (Wildman–Crippen MR) is 44.5 cm³/mol. The molecular formula is C8H15NO4. The Bertz CT molecular complexity index is 185. The van der Waals surface area contributed by atoms with Crippen molar-refractivity contribution in [3.05, 3.63) is 0 Å². The largest absolute Gasteiger partial charge is 0.394 e. The Hall–Kier alpha value is -0.650. The van der Waals surface area contributed by atoms with Crippen LogP contribution < -0.4 is 5.73 Å². The summed E-state index contributed by atoms with van der Waals surface area (Å²) in [4.78, 5) is 10.6. The van der Waals surface area contributed by atoms with E-state index in [9.17, 15) is 9.90 Å². The molecule has 1 aliphatic rings. The van der Waals surface area contributed by atoms with Gasteiger partial charge in [-0.1, -0.05) is 0 Å². The first-order chi connectivity index (χ1) is 6.13. The van der Waals surface area contributed by atoms with E-state index in [4.69, 9.17) is 15.6 Å². The van der Waals surface area contributed by atoms with Gasteiger partial charge in [0.05, 0.1) is 12.7 Å². The van der Waals surface area contributed by atoms with Crippen LogP contribution in [0.3, 0.4) is 0 Å². The summed E-state index contributed by atoms with van der Waals surface area (Å²) in [6, 6.07) is 0. The molecule has 1 fully saturated rings. The average Bonchev–Trinajstić information content (AvgIpc) is 2.08. The highest BCUT2D eigenvalue weighted by Crippen LogP contribution is 2.25. The predicted octanol–water partition coefficient (Wildman–Crippen LogP) is -1.03. The van der Waals surface area contributed by atoms with Crippen LogP contribution in [-0.4, -0.2) is 35.1 Å². The van der Waals surface area contributed by atoms with E-state index in [2.05, 4.69) is 0 Å². The molecule has 2 unspecified atom stereocenters. The van der Waals surface area contributed by atoms with E-state index in [1.807, 2.05) is 0 Å². The number of amides is 1. The first-order valence-electron chi connectivity index (χ1n) is 4.36. The molecule has 0 aromatic carbocycles. The van der Waals surface area contributed by atoms with Gasteiger partial charge in [0, 0.05) is 12.3 Å². The smallest absolute Gasteiger partial charge is 0.217 e. The lowest BCUT2D eigenvalue weighted by Gasteiger charge is -2.31. The van der Waals surface area contributed by atoms with Crippen LogP contribution in [0.15, 0.2) is 0 Å². The van der Waals surface area contributed by atoms with Crippen molar-refractivity contribution in [3.63, 3.8) is 0 Å². The maximum atomic E-state index is 10.6. The maximum absolute atomic E-state index is 10.6. The molecule has 0 saturated carbocycles. The summed E-state index contributed by atoms with van der Waals surface area (Å²) in [5.41, 5.74) is 5.00. The number of rotatable bonds is 3. The first-order valence-corrected chi connectivity index (χ1v) is 4.36. The number of nitrogens with two attached hydrogens (primary N) is 1. The van der Waals surface area contributed by atoms with Crippen LogP contribution in [0.5, 0.6) is 0 Å². The molecular weight excluding hydrogens is 174 g/mol. The number of primary amides is 1. The standard InChI is InChI=1S/C8H15NO4/c9-7(11)3-5-1-2-6(4-10)13-8(5)12/h5-6,8,10,12H,1-4H2,(H2,9,11)/t5-,6?,8?/m0/s1. The van der Waals surface area contributed by atoms with E-state index in [1.165, 1.54) is 0 Å². The second-order valence-corrected chi connectivity index (χ2v) is 3.34. The van der Waals surface area contributed by atoms with Crippen molar-refractivity contribution in [3.8, 4) is 0 Å². The summed E-state index contributed by atoms with van der Waals surface area (Å²) in [6.45, 7) is -0.0969. The van der Waals surface area contributed by atoms with Crippen LogP contribution in [0.2, 0.25) is 0 Å². The number of hydrogen-bond acceptors (Lipinski definition) is 4. The summed E-state index contributed by atoms with van der Waals surface area (Å²) in [5.74, 6) is -0.657. The van der Waals surface area contributed by atoms with E-state index in [0.717, 1.165) is 0 Å². The van der Waals surface area contributed by atoms with Gasteiger partial charge in [0.2, 0.25) is 5.91 Å². The van der Waals surface area contributed by atoms with Gasteiger partial charge < -0.3 is 20.7 Å². The fourth-order valence-electron chi connectivity index (χ4n) is 1.51. The molecule has 1 saturated heterocycles. The topological polar surface area (TPSA) is 92.8 Å². The first kappa shape index (κ1) is 10.4. The number of aliphatic hydroxyl groups is 2. The van der Waals surface area contributed by atoms with Crippen molar-refractivity contribution in [1.82, 2.24) is 0 Å². The molecule has 0 aliphatic carbocycles. The van der Waals surface area contributed by atoms with Crippen LogP contribution in [0.4, 0.5) is 0 Å². The van der Waals surface area contributed by atoms with Gasteiger partial charge in [-0.3, -0.25) is 4.79 Å². The Labute approximate surface area is 76.5 Å². The van der Waals surface area contributed by atoms with Crippen molar-refractivity contribution < 1.29 is 19.7 Å². The zero-order chi connectivity index (χ0) is 9.84. The lowest BCUT2D eigenvalue weighted by Crippen LogP contribution is -2.38. The highest BCUT2D eigenvalue weighted by Gasteiger charge is 2.30. The van der Waals surface area contributed by atoms with E-state index < -0.39 is 12.2 Å². The fourth-order valence-corrected chi connectivity index (χ4v) is 1.51. The van der Waals surface area contributed by atoms with Crippen molar-refractivity contribution in [2.45, 2.75) is 31.7 Å². The van der Waals surface area contributed by atoms with Gasteiger partial charge in [-0.25, -0.2) is 0 Å². The molecule has 0 radical (unpaired) electrons. The summed E-state index contributed by atoms with van der Waals surface area (Å²) >= 11 is 0. The normalized spacial score (nSPS) is 34.5. The molecule has 5 nitrogen and oxygen atoms in total. The molecule has 4 N–H and O–H groups in total. The molecule has 1 aliphatic heterocycles. The lowest BCUT2D eigenvalue weighted by molar-refractivity contribution is -0.202. The third kappa shape index (κ3) is 2.95. The molecule has 0 aromatic rings. The van der Waals surface area contributed by atoms with Crippen LogP contribution in [-0.2, 0) is 9.53 Å². The number of carbonyl (C=O) groups is 1. The Balaban J connectivity index is 2.39. The molecule has 0 bridgehead atoms. The summed E-state index contributed by atoms with van der Waals surface area (Å²) < 4.78 is 5.05. The molecule has 0 aromatic heterocycles. The van der Waals surface area contributed by atoms with Gasteiger partial charge in [-0.15, -0.1) is 0 Å². The van der Waals surface area contributed by atoms with Crippen LogP contribution in [0.1, 0.15) is 19.3 Å². The monoisotopic (exact) mass is 189 g/mol. The quantitative estimate of drug-likeness (QED) is 0.529. The van der Waals surface area contributed by atoms with Gasteiger partial charge in [-0.05, 0) is 12.8 Å². The third-order valence-corrected chi connectivity index (χ3v) is 2.26. The summed E-state index contributed by atoms with van der Waals surface area (Å²) in [5, 5.41) is 18.1. The van der Waals surface area contributed by atoms with Gasteiger partial charge in [-0.2, -0.15) is 0 Å². The highest BCUT2D eigenvalue weighted by molar-refractivity contribution is 5.74. The Morgan fingerprint density at radius 3 is 2.69 bits per heavy atom. The van der Waals surface area contributed by atoms with Crippen molar-refractivity contribution in [2.24, 2.45) is 11.7 Å². The van der Waals surface area contributed by atoms with Crippen LogP contribution >= 0.6 is 0 Å². The van der Waals surface area contributed by atoms with Crippen molar-refractivity contribution >= 4 is 5.91 Å². The third-order valence-electron chi connectivity index (χ3n) is 2.26. The molecule has 13 heavy (non-hydrogen) atoms. The molecule has 0 spiro atoms. The van der Waals surface area contributed by atoms with Crippen molar-refractivity contribution in [2.75, 3.05) is 6.61 Å². The van der Waals surface area contributed by atoms with Gasteiger partial charge in [0.15, 0.2) is 6.29 Å². The molecule has 76 valence electrons.